The standard InChI is InChI=1S/C13H23N3O2S/c1-11(12-5-4-10-19-12)16-13(14-6-8-17-2)15-7-9-18-3/h4-5,10-11H,6-9H2,1-3H3,(H2,14,15,16)/t11-/m0/s1. The normalized spacial score (nSPS) is 13.3. The molecule has 5 nitrogen and oxygen atoms in total. The van der Waals surface area contributed by atoms with Gasteiger partial charge < -0.3 is 20.1 Å². The Morgan fingerprint density at radius 1 is 1.37 bits per heavy atom. The van der Waals surface area contributed by atoms with E-state index in [9.17, 15) is 0 Å². The Bertz CT molecular complexity index is 355. The fourth-order valence-electron chi connectivity index (χ4n) is 1.49. The summed E-state index contributed by atoms with van der Waals surface area (Å²) < 4.78 is 10.0. The third kappa shape index (κ3) is 6.56. The van der Waals surface area contributed by atoms with Crippen LogP contribution in [-0.2, 0) is 9.47 Å². The van der Waals surface area contributed by atoms with Gasteiger partial charge in [0, 0.05) is 25.6 Å². The number of hydrogen-bond donors (Lipinski definition) is 2. The molecular formula is C13H23N3O2S. The molecule has 1 aromatic heterocycles. The highest BCUT2D eigenvalue weighted by atomic mass is 32.1. The van der Waals surface area contributed by atoms with Crippen LogP contribution in [0.4, 0.5) is 0 Å². The second-order valence-corrected chi connectivity index (χ2v) is 5.00. The second-order valence-electron chi connectivity index (χ2n) is 4.02. The number of guanidine groups is 1. The van der Waals surface area contributed by atoms with Crippen molar-refractivity contribution in [2.75, 3.05) is 40.5 Å². The molecule has 0 aromatic carbocycles. The molecule has 0 spiro atoms. The molecule has 0 bridgehead atoms. The van der Waals surface area contributed by atoms with E-state index in [0.717, 1.165) is 12.5 Å². The van der Waals surface area contributed by atoms with E-state index in [2.05, 4.69) is 40.1 Å². The van der Waals surface area contributed by atoms with Crippen LogP contribution >= 0.6 is 11.3 Å². The van der Waals surface area contributed by atoms with Gasteiger partial charge in [-0.25, -0.2) is 0 Å². The number of ether oxygens (including phenoxy) is 2. The molecule has 6 heteroatoms. The molecule has 1 atom stereocenters. The highest BCUT2D eigenvalue weighted by molar-refractivity contribution is 7.10. The lowest BCUT2D eigenvalue weighted by Gasteiger charge is -2.17. The molecule has 2 N–H and O–H groups in total. The van der Waals surface area contributed by atoms with Gasteiger partial charge in [0.2, 0.25) is 0 Å². The summed E-state index contributed by atoms with van der Waals surface area (Å²) in [6, 6.07) is 4.40. The van der Waals surface area contributed by atoms with E-state index < -0.39 is 0 Å². The molecule has 0 aliphatic carbocycles. The van der Waals surface area contributed by atoms with Crippen LogP contribution in [0.5, 0.6) is 0 Å². The summed E-state index contributed by atoms with van der Waals surface area (Å²) >= 11 is 1.74. The van der Waals surface area contributed by atoms with Crippen molar-refractivity contribution in [3.05, 3.63) is 22.4 Å². The molecule has 108 valence electrons. The number of nitrogens with zero attached hydrogens (tertiary/aromatic N) is 1. The number of thiophene rings is 1. The Balaban J connectivity index is 2.49. The van der Waals surface area contributed by atoms with E-state index in [4.69, 9.17) is 9.47 Å². The summed E-state index contributed by atoms with van der Waals surface area (Å²) in [5.41, 5.74) is 0. The largest absolute Gasteiger partial charge is 0.383 e. The maximum absolute atomic E-state index is 5.03. The van der Waals surface area contributed by atoms with Crippen LogP contribution in [0.2, 0.25) is 0 Å². The van der Waals surface area contributed by atoms with Crippen LogP contribution in [0.25, 0.3) is 0 Å². The minimum atomic E-state index is 0.233. The Morgan fingerprint density at radius 2 is 2.16 bits per heavy atom. The first kappa shape index (κ1) is 15.9. The lowest BCUT2D eigenvalue weighted by Crippen LogP contribution is -2.40. The molecular weight excluding hydrogens is 262 g/mol. The lowest BCUT2D eigenvalue weighted by atomic mass is 10.3. The molecule has 0 fully saturated rings. The maximum atomic E-state index is 5.03. The Labute approximate surface area is 119 Å². The second kappa shape index (κ2) is 9.77. The molecule has 0 aliphatic rings. The van der Waals surface area contributed by atoms with Gasteiger partial charge in [-0.05, 0) is 18.4 Å². The van der Waals surface area contributed by atoms with E-state index in [1.807, 2.05) is 0 Å². The molecule has 0 unspecified atom stereocenters. The van der Waals surface area contributed by atoms with Gasteiger partial charge in [0.05, 0.1) is 25.8 Å². The minimum Gasteiger partial charge on any atom is -0.383 e. The Morgan fingerprint density at radius 3 is 2.79 bits per heavy atom. The summed E-state index contributed by atoms with van der Waals surface area (Å²) in [5.74, 6) is 0.787. The van der Waals surface area contributed by atoms with Gasteiger partial charge in [-0.1, -0.05) is 6.07 Å². The summed E-state index contributed by atoms with van der Waals surface area (Å²) in [6.07, 6.45) is 0. The predicted octanol–water partition coefficient (Wildman–Crippen LogP) is 1.64. The predicted molar refractivity (Wildman–Crippen MR) is 79.9 cm³/mol. The molecule has 0 aliphatic heterocycles. The molecule has 0 saturated carbocycles. The van der Waals surface area contributed by atoms with Gasteiger partial charge in [0.25, 0.3) is 0 Å². The molecule has 1 aromatic rings. The zero-order valence-electron chi connectivity index (χ0n) is 11.8. The number of aliphatic imine (C=N–C) groups is 1. The minimum absolute atomic E-state index is 0.233. The van der Waals surface area contributed by atoms with Crippen LogP contribution in [-0.4, -0.2) is 46.5 Å². The van der Waals surface area contributed by atoms with Crippen LogP contribution in [0.3, 0.4) is 0 Å². The van der Waals surface area contributed by atoms with Crippen LogP contribution in [0.1, 0.15) is 17.8 Å². The number of methoxy groups -OCH3 is 2. The van der Waals surface area contributed by atoms with E-state index in [-0.39, 0.29) is 6.04 Å². The SMILES string of the molecule is COCCN=C(NCCOC)N[C@@H](C)c1cccs1. The van der Waals surface area contributed by atoms with Crippen molar-refractivity contribution < 1.29 is 9.47 Å². The van der Waals surface area contributed by atoms with Gasteiger partial charge in [-0.2, -0.15) is 0 Å². The molecule has 19 heavy (non-hydrogen) atoms. The highest BCUT2D eigenvalue weighted by Crippen LogP contribution is 2.17. The van der Waals surface area contributed by atoms with Gasteiger partial charge in [0.1, 0.15) is 0 Å². The van der Waals surface area contributed by atoms with E-state index >= 15 is 0 Å². The van der Waals surface area contributed by atoms with E-state index in [1.165, 1.54) is 4.88 Å². The highest BCUT2D eigenvalue weighted by Gasteiger charge is 2.08. The Kier molecular flexibility index (Phi) is 8.20. The van der Waals surface area contributed by atoms with Crippen molar-refractivity contribution >= 4 is 17.3 Å². The Hall–Kier alpha value is -1.11. The quantitative estimate of drug-likeness (QED) is 0.433. The lowest BCUT2D eigenvalue weighted by molar-refractivity contribution is 0.203. The molecule has 1 heterocycles. The van der Waals surface area contributed by atoms with Crippen molar-refractivity contribution in [3.63, 3.8) is 0 Å². The van der Waals surface area contributed by atoms with Gasteiger partial charge in [-0.15, -0.1) is 11.3 Å². The van der Waals surface area contributed by atoms with Gasteiger partial charge >= 0.3 is 0 Å². The monoisotopic (exact) mass is 285 g/mol. The molecule has 0 saturated heterocycles. The average Bonchev–Trinajstić information content (AvgIpc) is 2.93. The first-order chi connectivity index (χ1) is 9.27. The topological polar surface area (TPSA) is 54.9 Å². The zero-order valence-corrected chi connectivity index (χ0v) is 12.6. The van der Waals surface area contributed by atoms with Crippen LogP contribution in [0.15, 0.2) is 22.5 Å². The third-order valence-electron chi connectivity index (χ3n) is 2.49. The molecule has 0 amide bonds. The fourth-order valence-corrected chi connectivity index (χ4v) is 2.22. The molecule has 1 rings (SSSR count). The first-order valence-corrected chi connectivity index (χ1v) is 7.22. The van der Waals surface area contributed by atoms with Crippen molar-refractivity contribution in [2.45, 2.75) is 13.0 Å². The van der Waals surface area contributed by atoms with Gasteiger partial charge in [0.15, 0.2) is 5.96 Å². The average molecular weight is 285 g/mol. The number of hydrogen-bond acceptors (Lipinski definition) is 4. The van der Waals surface area contributed by atoms with Crippen molar-refractivity contribution in [1.82, 2.24) is 10.6 Å². The maximum Gasteiger partial charge on any atom is 0.191 e. The summed E-state index contributed by atoms with van der Waals surface area (Å²) in [5, 5.41) is 8.69. The fraction of sp³-hybridized carbons (Fsp3) is 0.615. The zero-order chi connectivity index (χ0) is 13.9. The van der Waals surface area contributed by atoms with E-state index in [0.29, 0.717) is 19.8 Å². The summed E-state index contributed by atoms with van der Waals surface area (Å²) in [4.78, 5) is 5.74. The summed E-state index contributed by atoms with van der Waals surface area (Å²) in [6.45, 7) is 4.75. The summed E-state index contributed by atoms with van der Waals surface area (Å²) in [7, 11) is 3.36. The number of nitrogens with one attached hydrogen (secondary N) is 2. The molecule has 0 radical (unpaired) electrons. The smallest absolute Gasteiger partial charge is 0.191 e. The van der Waals surface area contributed by atoms with Crippen LogP contribution in [0, 0.1) is 0 Å². The van der Waals surface area contributed by atoms with Crippen molar-refractivity contribution in [1.29, 1.82) is 0 Å². The van der Waals surface area contributed by atoms with E-state index in [1.54, 1.807) is 25.6 Å². The third-order valence-corrected chi connectivity index (χ3v) is 3.54. The number of rotatable bonds is 8. The van der Waals surface area contributed by atoms with Crippen molar-refractivity contribution in [3.8, 4) is 0 Å². The van der Waals surface area contributed by atoms with Crippen molar-refractivity contribution in [2.24, 2.45) is 4.99 Å². The first-order valence-electron chi connectivity index (χ1n) is 6.34. The van der Waals surface area contributed by atoms with Crippen LogP contribution < -0.4 is 10.6 Å². The van der Waals surface area contributed by atoms with Gasteiger partial charge in [-0.3, -0.25) is 4.99 Å².